The number of aliphatic hydroxyl groups excluding tert-OH is 1. The van der Waals surface area contributed by atoms with Gasteiger partial charge in [0.1, 0.15) is 24.2 Å². The molecule has 2 N–H and O–H groups in total. The standard InChI is InChI=1S/C30H45NO4Si/c1-21(2)36(22(3)4,23(5)6)35-25-12-13-26-28(18-25)34-20-27(29(26)32)31-16-14-30(33,15-17-31)19-24-10-8-7-9-11-24/h7-13,18,21-23,27,29,32-33H,14-17,19-20H2,1-6H3. The van der Waals surface area contributed by atoms with Crippen LogP contribution in [-0.4, -0.2) is 54.8 Å². The Labute approximate surface area is 218 Å². The van der Waals surface area contributed by atoms with E-state index in [-0.39, 0.29) is 6.04 Å². The number of aliphatic hydroxyl groups is 2. The molecule has 2 heterocycles. The molecule has 2 aromatic carbocycles. The first-order chi connectivity index (χ1) is 17.1. The van der Waals surface area contributed by atoms with Gasteiger partial charge in [0.25, 0.3) is 8.32 Å². The average Bonchev–Trinajstić information content (AvgIpc) is 2.83. The molecule has 5 nitrogen and oxygen atoms in total. The summed E-state index contributed by atoms with van der Waals surface area (Å²) in [6, 6.07) is 16.1. The maximum atomic E-state index is 11.3. The second-order valence-corrected chi connectivity index (χ2v) is 17.2. The first kappa shape index (κ1) is 27.2. The maximum Gasteiger partial charge on any atom is 0.258 e. The van der Waals surface area contributed by atoms with Crippen molar-refractivity contribution in [2.24, 2.45) is 0 Å². The fourth-order valence-electron chi connectivity index (χ4n) is 6.71. The van der Waals surface area contributed by atoms with E-state index in [1.54, 1.807) is 0 Å². The Hall–Kier alpha value is -1.86. The third kappa shape index (κ3) is 5.37. The largest absolute Gasteiger partial charge is 0.543 e. The van der Waals surface area contributed by atoms with Crippen LogP contribution in [0.3, 0.4) is 0 Å². The van der Waals surface area contributed by atoms with Gasteiger partial charge in [-0.15, -0.1) is 0 Å². The maximum absolute atomic E-state index is 11.3. The third-order valence-electron chi connectivity index (χ3n) is 8.65. The molecule has 36 heavy (non-hydrogen) atoms. The number of likely N-dealkylation sites (tertiary alicyclic amines) is 1. The lowest BCUT2D eigenvalue weighted by Crippen LogP contribution is -2.53. The molecule has 2 aromatic rings. The number of nitrogens with zero attached hydrogens (tertiary/aromatic N) is 1. The highest BCUT2D eigenvalue weighted by atomic mass is 28.4. The molecule has 1 fully saturated rings. The lowest BCUT2D eigenvalue weighted by molar-refractivity contribution is -0.0627. The molecule has 2 atom stereocenters. The Balaban J connectivity index is 1.43. The van der Waals surface area contributed by atoms with Crippen molar-refractivity contribution in [3.05, 3.63) is 59.7 Å². The monoisotopic (exact) mass is 511 g/mol. The normalized spacial score (nSPS) is 22.5. The Kier molecular flexibility index (Phi) is 8.20. The van der Waals surface area contributed by atoms with E-state index in [2.05, 4.69) is 58.6 Å². The molecule has 2 aliphatic rings. The highest BCUT2D eigenvalue weighted by Crippen LogP contribution is 2.45. The van der Waals surface area contributed by atoms with Gasteiger partial charge < -0.3 is 19.4 Å². The highest BCUT2D eigenvalue weighted by Gasteiger charge is 2.47. The first-order valence-electron chi connectivity index (χ1n) is 13.7. The fraction of sp³-hybridized carbons (Fsp3) is 0.600. The summed E-state index contributed by atoms with van der Waals surface area (Å²) in [6.07, 6.45) is 1.43. The molecule has 2 unspecified atom stereocenters. The summed E-state index contributed by atoms with van der Waals surface area (Å²) in [7, 11) is -2.06. The minimum absolute atomic E-state index is 0.110. The predicted molar refractivity (Wildman–Crippen MR) is 148 cm³/mol. The molecular weight excluding hydrogens is 466 g/mol. The van der Waals surface area contributed by atoms with Gasteiger partial charge in [-0.1, -0.05) is 71.9 Å². The Morgan fingerprint density at radius 1 is 0.972 bits per heavy atom. The van der Waals surface area contributed by atoms with Gasteiger partial charge in [-0.3, -0.25) is 4.90 Å². The summed E-state index contributed by atoms with van der Waals surface area (Å²) in [5.41, 5.74) is 2.77. The highest BCUT2D eigenvalue weighted by molar-refractivity contribution is 6.78. The van der Waals surface area contributed by atoms with Crippen LogP contribution in [0.4, 0.5) is 0 Å². The SMILES string of the molecule is CC(C)[Si](Oc1ccc2c(c1)OCC(N1CCC(O)(Cc3ccccc3)CC1)C2O)(C(C)C)C(C)C. The summed E-state index contributed by atoms with van der Waals surface area (Å²) in [4.78, 5) is 2.28. The van der Waals surface area contributed by atoms with Gasteiger partial charge >= 0.3 is 0 Å². The first-order valence-corrected chi connectivity index (χ1v) is 15.8. The topological polar surface area (TPSA) is 62.2 Å². The molecule has 0 saturated carbocycles. The minimum Gasteiger partial charge on any atom is -0.543 e. The van der Waals surface area contributed by atoms with Gasteiger partial charge in [0.2, 0.25) is 0 Å². The second-order valence-electron chi connectivity index (χ2n) is 11.9. The van der Waals surface area contributed by atoms with Gasteiger partial charge in [0.15, 0.2) is 0 Å². The van der Waals surface area contributed by atoms with E-state index in [4.69, 9.17) is 9.16 Å². The third-order valence-corrected chi connectivity index (χ3v) is 14.7. The molecule has 0 amide bonds. The van der Waals surface area contributed by atoms with Crippen molar-refractivity contribution < 1.29 is 19.4 Å². The van der Waals surface area contributed by atoms with E-state index in [9.17, 15) is 10.2 Å². The molecule has 1 saturated heterocycles. The number of piperidine rings is 1. The molecule has 2 aliphatic heterocycles. The number of ether oxygens (including phenoxy) is 1. The van der Waals surface area contributed by atoms with Crippen molar-refractivity contribution in [3.63, 3.8) is 0 Å². The lowest BCUT2D eigenvalue weighted by atomic mass is 9.84. The Bertz CT molecular complexity index is 979. The summed E-state index contributed by atoms with van der Waals surface area (Å²) >= 11 is 0. The molecule has 0 aromatic heterocycles. The predicted octanol–water partition coefficient (Wildman–Crippen LogP) is 6.10. The summed E-state index contributed by atoms with van der Waals surface area (Å²) in [6.45, 7) is 15.7. The van der Waals surface area contributed by atoms with Crippen molar-refractivity contribution in [1.29, 1.82) is 0 Å². The van der Waals surface area contributed by atoms with E-state index in [0.717, 1.165) is 30.2 Å². The van der Waals surface area contributed by atoms with E-state index >= 15 is 0 Å². The van der Waals surface area contributed by atoms with Gasteiger partial charge in [-0.25, -0.2) is 0 Å². The van der Waals surface area contributed by atoms with Crippen LogP contribution in [0.2, 0.25) is 16.6 Å². The Morgan fingerprint density at radius 3 is 2.17 bits per heavy atom. The van der Waals surface area contributed by atoms with Gasteiger partial charge in [-0.2, -0.15) is 0 Å². The summed E-state index contributed by atoms with van der Waals surface area (Å²) in [5.74, 6) is 1.58. The number of hydrogen-bond acceptors (Lipinski definition) is 5. The van der Waals surface area contributed by atoms with Crippen LogP contribution in [0.1, 0.15) is 71.6 Å². The minimum atomic E-state index is -2.06. The van der Waals surface area contributed by atoms with Crippen LogP contribution < -0.4 is 9.16 Å². The van der Waals surface area contributed by atoms with Crippen molar-refractivity contribution in [1.82, 2.24) is 4.90 Å². The van der Waals surface area contributed by atoms with Crippen molar-refractivity contribution in [2.75, 3.05) is 19.7 Å². The average molecular weight is 512 g/mol. The fourth-order valence-corrected chi connectivity index (χ4v) is 12.0. The number of fused-ring (bicyclic) bond motifs is 1. The number of hydrogen-bond donors (Lipinski definition) is 2. The molecule has 0 aliphatic carbocycles. The quantitative estimate of drug-likeness (QED) is 0.419. The molecule has 0 spiro atoms. The zero-order valence-electron chi connectivity index (χ0n) is 22.9. The second kappa shape index (κ2) is 10.9. The molecule has 6 heteroatoms. The summed E-state index contributed by atoms with van der Waals surface area (Å²) < 4.78 is 13.1. The smallest absolute Gasteiger partial charge is 0.258 e. The van der Waals surface area contributed by atoms with Crippen LogP contribution in [0, 0.1) is 0 Å². The van der Waals surface area contributed by atoms with E-state index in [1.165, 1.54) is 5.56 Å². The van der Waals surface area contributed by atoms with Crippen LogP contribution in [-0.2, 0) is 6.42 Å². The van der Waals surface area contributed by atoms with Crippen molar-refractivity contribution in [3.8, 4) is 11.5 Å². The van der Waals surface area contributed by atoms with Gasteiger partial charge in [0, 0.05) is 31.1 Å². The summed E-state index contributed by atoms with van der Waals surface area (Å²) in [5, 5.41) is 22.5. The van der Waals surface area contributed by atoms with Crippen LogP contribution >= 0.6 is 0 Å². The lowest BCUT2D eigenvalue weighted by Gasteiger charge is -2.45. The number of benzene rings is 2. The van der Waals surface area contributed by atoms with E-state index in [1.807, 2.05) is 36.4 Å². The zero-order chi connectivity index (χ0) is 26.1. The van der Waals surface area contributed by atoms with Crippen LogP contribution in [0.15, 0.2) is 48.5 Å². The number of rotatable bonds is 8. The zero-order valence-corrected chi connectivity index (χ0v) is 23.9. The van der Waals surface area contributed by atoms with E-state index in [0.29, 0.717) is 42.5 Å². The molecule has 0 radical (unpaired) electrons. The van der Waals surface area contributed by atoms with Gasteiger partial charge in [0.05, 0.1) is 11.6 Å². The van der Waals surface area contributed by atoms with E-state index < -0.39 is 20.0 Å². The van der Waals surface area contributed by atoms with Crippen molar-refractivity contribution in [2.45, 2.75) is 95.2 Å². The van der Waals surface area contributed by atoms with Crippen LogP contribution in [0.25, 0.3) is 0 Å². The molecule has 198 valence electrons. The Morgan fingerprint density at radius 2 is 1.58 bits per heavy atom. The molecular formula is C30H45NO4Si. The van der Waals surface area contributed by atoms with Gasteiger partial charge in [-0.05, 0) is 47.2 Å². The molecule has 4 rings (SSSR count). The van der Waals surface area contributed by atoms with Crippen molar-refractivity contribution >= 4 is 8.32 Å². The van der Waals surface area contributed by atoms with Crippen LogP contribution in [0.5, 0.6) is 11.5 Å². The molecule has 0 bridgehead atoms.